The number of hydrogen-bond acceptors (Lipinski definition) is 5. The maximum atomic E-state index is 12.0. The molecule has 2 N–H and O–H groups in total. The van der Waals surface area contributed by atoms with E-state index in [1.165, 1.54) is 4.57 Å². The van der Waals surface area contributed by atoms with Gasteiger partial charge in [-0.15, -0.1) is 0 Å². The van der Waals surface area contributed by atoms with Crippen LogP contribution in [0.1, 0.15) is 16.2 Å². The molecule has 7 nitrogen and oxygen atoms in total. The van der Waals surface area contributed by atoms with Gasteiger partial charge in [-0.05, 0) is 4.92 Å². The Labute approximate surface area is 108 Å². The lowest BCUT2D eigenvalue weighted by atomic mass is 10.1. The third-order valence-corrected chi connectivity index (χ3v) is 2.73. The van der Waals surface area contributed by atoms with Gasteiger partial charge < -0.3 is 15.8 Å². The second-order valence-electron chi connectivity index (χ2n) is 4.00. The van der Waals surface area contributed by atoms with Gasteiger partial charge in [0, 0.05) is 12.5 Å². The fraction of sp³-hybridized carbons (Fsp3) is 0.167. The van der Waals surface area contributed by atoms with E-state index >= 15 is 0 Å². The van der Waals surface area contributed by atoms with Gasteiger partial charge in [0.25, 0.3) is 0 Å². The summed E-state index contributed by atoms with van der Waals surface area (Å²) in [6.07, 6.45) is 0. The van der Waals surface area contributed by atoms with Crippen LogP contribution >= 0.6 is 0 Å². The van der Waals surface area contributed by atoms with Crippen LogP contribution in [0.5, 0.6) is 0 Å². The summed E-state index contributed by atoms with van der Waals surface area (Å²) in [4.78, 5) is 26.2. The maximum Gasteiger partial charge on any atom is 0.367 e. The highest BCUT2D eigenvalue weighted by molar-refractivity contribution is 5.96. The fourth-order valence-corrected chi connectivity index (χ4v) is 1.82. The first kappa shape index (κ1) is 12.7. The van der Waals surface area contributed by atoms with Gasteiger partial charge in [-0.1, -0.05) is 30.3 Å². The Hall–Kier alpha value is -2.70. The molecule has 98 valence electrons. The standard InChI is InChI=1S/C12H12N4O3/c1-8-14-11(13)12(16(18)19)15(8)7-10(17)9-5-3-2-4-6-9/h2-6H,7,13H2,1H3. The van der Waals surface area contributed by atoms with E-state index in [4.69, 9.17) is 5.73 Å². The number of Topliss-reactive ketones (excluding diaryl/α,β-unsaturated/α-hetero) is 1. The predicted molar refractivity (Wildman–Crippen MR) is 68.8 cm³/mol. The number of aromatic nitrogens is 2. The molecule has 0 aliphatic rings. The van der Waals surface area contributed by atoms with Gasteiger partial charge in [0.1, 0.15) is 0 Å². The molecular formula is C12H12N4O3. The number of nitrogen functional groups attached to an aromatic ring is 1. The van der Waals surface area contributed by atoms with Gasteiger partial charge >= 0.3 is 5.82 Å². The average Bonchev–Trinajstić information content (AvgIpc) is 2.65. The lowest BCUT2D eigenvalue weighted by molar-refractivity contribution is -0.391. The number of nitro groups is 1. The Morgan fingerprint density at radius 2 is 2.05 bits per heavy atom. The van der Waals surface area contributed by atoms with Gasteiger partial charge in [-0.3, -0.25) is 4.79 Å². The quantitative estimate of drug-likeness (QED) is 0.510. The van der Waals surface area contributed by atoms with Gasteiger partial charge in [0.05, 0.1) is 0 Å². The van der Waals surface area contributed by atoms with Crippen LogP contribution < -0.4 is 5.73 Å². The molecule has 1 aromatic carbocycles. The SMILES string of the molecule is Cc1nc(N)c([N+](=O)[O-])n1CC(=O)c1ccccc1. The van der Waals surface area contributed by atoms with Crippen molar-refractivity contribution in [2.75, 3.05) is 5.73 Å². The molecule has 1 aromatic heterocycles. The summed E-state index contributed by atoms with van der Waals surface area (Å²) in [5.41, 5.74) is 5.96. The first-order valence-electron chi connectivity index (χ1n) is 5.56. The monoisotopic (exact) mass is 260 g/mol. The number of ketones is 1. The summed E-state index contributed by atoms with van der Waals surface area (Å²) >= 11 is 0. The van der Waals surface area contributed by atoms with E-state index in [1.54, 1.807) is 37.3 Å². The molecule has 0 amide bonds. The summed E-state index contributed by atoms with van der Waals surface area (Å²) in [7, 11) is 0. The van der Waals surface area contributed by atoms with Crippen molar-refractivity contribution in [3.8, 4) is 0 Å². The molecule has 0 bridgehead atoms. The van der Waals surface area contributed by atoms with Crippen LogP contribution in [0.15, 0.2) is 30.3 Å². The summed E-state index contributed by atoms with van der Waals surface area (Å²) in [6.45, 7) is 1.41. The average molecular weight is 260 g/mol. The molecule has 0 saturated carbocycles. The van der Waals surface area contributed by atoms with Crippen molar-refractivity contribution >= 4 is 17.4 Å². The highest BCUT2D eigenvalue weighted by atomic mass is 16.6. The molecule has 1 heterocycles. The Kier molecular flexibility index (Phi) is 3.28. The van der Waals surface area contributed by atoms with Crippen molar-refractivity contribution in [3.63, 3.8) is 0 Å². The minimum absolute atomic E-state index is 0.156. The Morgan fingerprint density at radius 3 is 2.63 bits per heavy atom. The molecule has 0 spiro atoms. The van der Waals surface area contributed by atoms with E-state index in [2.05, 4.69) is 4.98 Å². The molecule has 0 unspecified atom stereocenters. The summed E-state index contributed by atoms with van der Waals surface area (Å²) in [6, 6.07) is 8.57. The molecule has 2 aromatic rings. The van der Waals surface area contributed by atoms with Gasteiger partial charge in [-0.25, -0.2) is 4.57 Å². The second-order valence-corrected chi connectivity index (χ2v) is 4.00. The summed E-state index contributed by atoms with van der Waals surface area (Å²) in [5, 5.41) is 10.9. The Bertz CT molecular complexity index is 634. The van der Waals surface area contributed by atoms with Gasteiger partial charge in [0.2, 0.25) is 11.6 Å². The molecule has 19 heavy (non-hydrogen) atoms. The van der Waals surface area contributed by atoms with Gasteiger partial charge in [-0.2, -0.15) is 4.98 Å². The number of rotatable bonds is 4. The van der Waals surface area contributed by atoms with E-state index in [-0.39, 0.29) is 24.0 Å². The Balaban J connectivity index is 2.34. The molecule has 0 radical (unpaired) electrons. The highest BCUT2D eigenvalue weighted by Gasteiger charge is 2.25. The number of carbonyl (C=O) groups is 1. The number of hydrogen-bond donors (Lipinski definition) is 1. The van der Waals surface area contributed by atoms with Crippen LogP contribution in [0, 0.1) is 17.0 Å². The second kappa shape index (κ2) is 4.89. The molecule has 0 fully saturated rings. The number of carbonyl (C=O) groups excluding carboxylic acids is 1. The van der Waals surface area contributed by atoms with Crippen molar-refractivity contribution in [2.24, 2.45) is 0 Å². The lowest BCUT2D eigenvalue weighted by Gasteiger charge is -2.02. The predicted octanol–water partition coefficient (Wildman–Crippen LogP) is 1.56. The molecule has 0 saturated heterocycles. The lowest BCUT2D eigenvalue weighted by Crippen LogP contribution is -2.14. The van der Waals surface area contributed by atoms with Crippen molar-refractivity contribution in [2.45, 2.75) is 13.5 Å². The van der Waals surface area contributed by atoms with E-state index in [9.17, 15) is 14.9 Å². The van der Waals surface area contributed by atoms with Crippen LogP contribution in [0.2, 0.25) is 0 Å². The topological polar surface area (TPSA) is 104 Å². The zero-order valence-corrected chi connectivity index (χ0v) is 10.2. The molecule has 2 rings (SSSR count). The summed E-state index contributed by atoms with van der Waals surface area (Å²) in [5.74, 6) is -0.414. The van der Waals surface area contributed by atoms with Crippen molar-refractivity contribution in [3.05, 3.63) is 51.8 Å². The van der Waals surface area contributed by atoms with E-state index in [1.807, 2.05) is 0 Å². The van der Waals surface area contributed by atoms with E-state index < -0.39 is 4.92 Å². The van der Waals surface area contributed by atoms with Crippen molar-refractivity contribution < 1.29 is 9.72 Å². The molecule has 7 heteroatoms. The normalized spacial score (nSPS) is 10.4. The third-order valence-electron chi connectivity index (χ3n) is 2.73. The largest absolute Gasteiger partial charge is 0.377 e. The van der Waals surface area contributed by atoms with Crippen LogP contribution in [-0.2, 0) is 6.54 Å². The zero-order chi connectivity index (χ0) is 14.0. The number of benzene rings is 1. The fourth-order valence-electron chi connectivity index (χ4n) is 1.82. The van der Waals surface area contributed by atoms with E-state index in [0.717, 1.165) is 0 Å². The minimum atomic E-state index is -0.631. The van der Waals surface area contributed by atoms with Crippen LogP contribution in [0.25, 0.3) is 0 Å². The molecule has 0 atom stereocenters. The number of nitrogens with zero attached hydrogens (tertiary/aromatic N) is 3. The molecule has 0 aliphatic carbocycles. The number of aryl methyl sites for hydroxylation is 1. The van der Waals surface area contributed by atoms with Crippen LogP contribution in [0.4, 0.5) is 11.6 Å². The maximum absolute atomic E-state index is 12.0. The van der Waals surface area contributed by atoms with Gasteiger partial charge in [0.15, 0.2) is 12.4 Å². The van der Waals surface area contributed by atoms with Crippen molar-refractivity contribution in [1.82, 2.24) is 9.55 Å². The first-order valence-corrected chi connectivity index (χ1v) is 5.56. The minimum Gasteiger partial charge on any atom is -0.377 e. The Morgan fingerprint density at radius 1 is 1.42 bits per heavy atom. The third kappa shape index (κ3) is 2.44. The highest BCUT2D eigenvalue weighted by Crippen LogP contribution is 2.22. The van der Waals surface area contributed by atoms with Crippen LogP contribution in [-0.4, -0.2) is 20.3 Å². The number of anilines is 1. The smallest absolute Gasteiger partial charge is 0.367 e. The van der Waals surface area contributed by atoms with Crippen LogP contribution in [0.3, 0.4) is 0 Å². The summed E-state index contributed by atoms with van der Waals surface area (Å²) < 4.78 is 1.21. The van der Waals surface area contributed by atoms with Crippen molar-refractivity contribution in [1.29, 1.82) is 0 Å². The first-order chi connectivity index (χ1) is 9.00. The number of imidazole rings is 1. The number of nitrogens with two attached hydrogens (primary N) is 1. The van der Waals surface area contributed by atoms with E-state index in [0.29, 0.717) is 11.4 Å². The molecular weight excluding hydrogens is 248 g/mol. The zero-order valence-electron chi connectivity index (χ0n) is 10.2. The molecule has 0 aliphatic heterocycles.